The maximum atomic E-state index is 12.1. The lowest BCUT2D eigenvalue weighted by Crippen LogP contribution is -2.32. The Labute approximate surface area is 116 Å². The molecule has 1 heterocycles. The highest BCUT2D eigenvalue weighted by Gasteiger charge is 2.33. The van der Waals surface area contributed by atoms with Gasteiger partial charge in [0, 0.05) is 18.0 Å². The average Bonchev–Trinajstić information content (AvgIpc) is 3.21. The lowest BCUT2D eigenvalue weighted by Gasteiger charge is -2.17. The fourth-order valence-electron chi connectivity index (χ4n) is 2.15. The van der Waals surface area contributed by atoms with Crippen molar-refractivity contribution in [1.82, 2.24) is 4.72 Å². The summed E-state index contributed by atoms with van der Waals surface area (Å²) in [6.07, 6.45) is 2.33. The van der Waals surface area contributed by atoms with Crippen LogP contribution in [0.3, 0.4) is 0 Å². The Kier molecular flexibility index (Phi) is 3.01. The van der Waals surface area contributed by atoms with E-state index in [1.54, 1.807) is 6.07 Å². The molecule has 0 radical (unpaired) electrons. The molecular weight excluding hydrogens is 280 g/mol. The van der Waals surface area contributed by atoms with E-state index in [0.29, 0.717) is 18.5 Å². The molecule has 6 nitrogen and oxygen atoms in total. The van der Waals surface area contributed by atoms with Crippen molar-refractivity contribution < 1.29 is 18.0 Å². The molecule has 1 saturated carbocycles. The van der Waals surface area contributed by atoms with Crippen LogP contribution in [0, 0.1) is 5.92 Å². The number of nitrogens with one attached hydrogen (secondary N) is 2. The van der Waals surface area contributed by atoms with E-state index in [1.165, 1.54) is 12.1 Å². The summed E-state index contributed by atoms with van der Waals surface area (Å²) in [6.45, 7) is 0. The van der Waals surface area contributed by atoms with Crippen LogP contribution >= 0.6 is 0 Å². The lowest BCUT2D eigenvalue weighted by atomic mass is 10.0. The number of hydrogen-bond acceptors (Lipinski definition) is 4. The average molecular weight is 294 g/mol. The summed E-state index contributed by atoms with van der Waals surface area (Å²) in [4.78, 5) is 22.9. The van der Waals surface area contributed by atoms with Crippen LogP contribution < -0.4 is 10.0 Å². The van der Waals surface area contributed by atoms with E-state index in [4.69, 9.17) is 0 Å². The minimum absolute atomic E-state index is 0.0569. The zero-order chi connectivity index (χ0) is 14.3. The number of carbonyl (C=O) groups excluding carboxylic acids is 2. The van der Waals surface area contributed by atoms with Crippen molar-refractivity contribution in [2.45, 2.75) is 30.6 Å². The maximum Gasteiger partial charge on any atom is 0.264 e. The zero-order valence-electron chi connectivity index (χ0n) is 10.7. The van der Waals surface area contributed by atoms with Crippen molar-refractivity contribution in [3.05, 3.63) is 23.8 Å². The fraction of sp³-hybridized carbons (Fsp3) is 0.385. The predicted octanol–water partition coefficient (Wildman–Crippen LogP) is 0.786. The highest BCUT2D eigenvalue weighted by molar-refractivity contribution is 7.90. The van der Waals surface area contributed by atoms with Gasteiger partial charge in [-0.25, -0.2) is 13.1 Å². The van der Waals surface area contributed by atoms with Crippen molar-refractivity contribution in [2.24, 2.45) is 5.92 Å². The Balaban J connectivity index is 1.86. The quantitative estimate of drug-likeness (QED) is 0.862. The Hall–Kier alpha value is -1.89. The van der Waals surface area contributed by atoms with E-state index >= 15 is 0 Å². The molecule has 106 valence electrons. The molecule has 2 aliphatic rings. The second-order valence-corrected chi connectivity index (χ2v) is 6.79. The van der Waals surface area contributed by atoms with E-state index < -0.39 is 15.9 Å². The van der Waals surface area contributed by atoms with Crippen molar-refractivity contribution in [3.8, 4) is 0 Å². The van der Waals surface area contributed by atoms with Gasteiger partial charge < -0.3 is 5.32 Å². The number of aryl methyl sites for hydroxylation is 1. The van der Waals surface area contributed by atoms with Crippen molar-refractivity contribution in [3.63, 3.8) is 0 Å². The SMILES string of the molecule is O=C1CCc2cc(S(=O)(=O)NC(=O)C3CC3)ccc2N1. The second-order valence-electron chi connectivity index (χ2n) is 5.11. The van der Waals surface area contributed by atoms with Crippen LogP contribution in [-0.4, -0.2) is 20.2 Å². The van der Waals surface area contributed by atoms with Crippen LogP contribution in [0.25, 0.3) is 0 Å². The molecule has 0 spiro atoms. The molecule has 3 rings (SSSR count). The first-order chi connectivity index (χ1) is 9.45. The van der Waals surface area contributed by atoms with Gasteiger partial charge in [-0.1, -0.05) is 0 Å². The summed E-state index contributed by atoms with van der Waals surface area (Å²) >= 11 is 0. The largest absolute Gasteiger partial charge is 0.326 e. The Morgan fingerprint density at radius 3 is 2.70 bits per heavy atom. The van der Waals surface area contributed by atoms with Gasteiger partial charge in [0.25, 0.3) is 10.0 Å². The molecule has 2 N–H and O–H groups in total. The summed E-state index contributed by atoms with van der Waals surface area (Å²) in [5, 5.41) is 2.69. The van der Waals surface area contributed by atoms with Crippen LogP contribution in [0.2, 0.25) is 0 Å². The summed E-state index contributed by atoms with van der Waals surface area (Å²) in [6, 6.07) is 4.47. The summed E-state index contributed by atoms with van der Waals surface area (Å²) in [5.74, 6) is -0.673. The van der Waals surface area contributed by atoms with Gasteiger partial charge in [0.05, 0.1) is 4.90 Å². The molecule has 1 aromatic rings. The van der Waals surface area contributed by atoms with Crippen molar-refractivity contribution in [2.75, 3.05) is 5.32 Å². The minimum atomic E-state index is -3.82. The topological polar surface area (TPSA) is 92.3 Å². The molecule has 0 bridgehead atoms. The van der Waals surface area contributed by atoms with Gasteiger partial charge in [0.1, 0.15) is 0 Å². The number of sulfonamides is 1. The third-order valence-corrected chi connectivity index (χ3v) is 4.81. The van der Waals surface area contributed by atoms with Gasteiger partial charge in [0.2, 0.25) is 11.8 Å². The molecule has 1 aliphatic heterocycles. The highest BCUT2D eigenvalue weighted by atomic mass is 32.2. The Bertz CT molecular complexity index is 692. The molecule has 7 heteroatoms. The van der Waals surface area contributed by atoms with E-state index in [-0.39, 0.29) is 16.7 Å². The first kappa shape index (κ1) is 13.1. The van der Waals surface area contributed by atoms with Crippen LogP contribution in [-0.2, 0) is 26.0 Å². The van der Waals surface area contributed by atoms with Gasteiger partial charge in [0.15, 0.2) is 0 Å². The Morgan fingerprint density at radius 1 is 1.25 bits per heavy atom. The molecule has 1 fully saturated rings. The Morgan fingerprint density at radius 2 is 2.00 bits per heavy atom. The molecule has 0 aromatic heterocycles. The number of anilines is 1. The third-order valence-electron chi connectivity index (χ3n) is 3.47. The van der Waals surface area contributed by atoms with Crippen molar-refractivity contribution >= 4 is 27.5 Å². The van der Waals surface area contributed by atoms with Gasteiger partial charge >= 0.3 is 0 Å². The van der Waals surface area contributed by atoms with Crippen LogP contribution in [0.1, 0.15) is 24.8 Å². The second kappa shape index (κ2) is 4.59. The first-order valence-electron chi connectivity index (χ1n) is 6.45. The third kappa shape index (κ3) is 2.53. The molecule has 2 amide bonds. The molecule has 0 atom stereocenters. The van der Waals surface area contributed by atoms with E-state index in [0.717, 1.165) is 18.4 Å². The smallest absolute Gasteiger partial charge is 0.264 e. The molecule has 0 saturated heterocycles. The first-order valence-corrected chi connectivity index (χ1v) is 7.93. The molecule has 1 aromatic carbocycles. The highest BCUT2D eigenvalue weighted by Crippen LogP contribution is 2.30. The number of fused-ring (bicyclic) bond motifs is 1. The van der Waals surface area contributed by atoms with Crippen molar-refractivity contribution in [1.29, 1.82) is 0 Å². The number of carbonyl (C=O) groups is 2. The van der Waals surface area contributed by atoms with Crippen LogP contribution in [0.5, 0.6) is 0 Å². The summed E-state index contributed by atoms with van der Waals surface area (Å²) < 4.78 is 26.3. The molecule has 0 unspecified atom stereocenters. The van der Waals surface area contributed by atoms with Gasteiger partial charge in [-0.3, -0.25) is 9.59 Å². The number of amides is 2. The summed E-state index contributed by atoms with van der Waals surface area (Å²) in [7, 11) is -3.82. The van der Waals surface area contributed by atoms with E-state index in [1.807, 2.05) is 0 Å². The summed E-state index contributed by atoms with van der Waals surface area (Å²) in [5.41, 5.74) is 1.40. The number of benzene rings is 1. The fourth-order valence-corrected chi connectivity index (χ4v) is 3.24. The van der Waals surface area contributed by atoms with Gasteiger partial charge in [-0.05, 0) is 43.0 Å². The normalized spacial score (nSPS) is 18.1. The van der Waals surface area contributed by atoms with Crippen LogP contribution in [0.15, 0.2) is 23.1 Å². The number of hydrogen-bond donors (Lipinski definition) is 2. The van der Waals surface area contributed by atoms with Crippen LogP contribution in [0.4, 0.5) is 5.69 Å². The predicted molar refractivity (Wildman–Crippen MR) is 71.4 cm³/mol. The van der Waals surface area contributed by atoms with E-state index in [9.17, 15) is 18.0 Å². The number of rotatable bonds is 3. The standard InChI is InChI=1S/C13H14N2O4S/c16-12-6-3-9-7-10(4-5-11(9)14-12)20(18,19)15-13(17)8-1-2-8/h4-5,7-8H,1-3,6H2,(H,14,16)(H,15,17). The monoisotopic (exact) mass is 294 g/mol. The molecular formula is C13H14N2O4S. The zero-order valence-corrected chi connectivity index (χ0v) is 11.5. The van der Waals surface area contributed by atoms with Gasteiger partial charge in [-0.2, -0.15) is 0 Å². The lowest BCUT2D eigenvalue weighted by molar-refractivity contribution is -0.120. The molecule has 20 heavy (non-hydrogen) atoms. The maximum absolute atomic E-state index is 12.1. The molecule has 1 aliphatic carbocycles. The van der Waals surface area contributed by atoms with E-state index in [2.05, 4.69) is 10.0 Å². The minimum Gasteiger partial charge on any atom is -0.326 e. The van der Waals surface area contributed by atoms with Gasteiger partial charge in [-0.15, -0.1) is 0 Å².